The van der Waals surface area contributed by atoms with Crippen molar-refractivity contribution in [3.63, 3.8) is 0 Å². The SMILES string of the molecule is C=CCNC1=C2C[C@@H](C)C[C@H](OC)[C@H](O)[C@@H](C)/C=C(\C)[C@H](OC(N)=O)[C@@H](OC)/C=C\C=C(/C)C(=O)NC(=CC1=O)C2=O.CN(Cc1cnc2nc(N)nc(N)c2n1)c1ccc(C(=O)N[C@@H](CCC(=O)O)C(=O)O)cc1. The van der Waals surface area contributed by atoms with Crippen LogP contribution in [0.15, 0.2) is 102 Å². The molecule has 2 bridgehead atoms. The Balaban J connectivity index is 0.000000333. The number of aliphatic hydroxyl groups excluding tert-OH is 1. The van der Waals surface area contributed by atoms with Crippen LogP contribution in [0.2, 0.25) is 0 Å². The molecular weight excluding hydrogens is 975 g/mol. The van der Waals surface area contributed by atoms with Crippen molar-refractivity contribution < 1.29 is 63.1 Å². The van der Waals surface area contributed by atoms with Gasteiger partial charge in [-0.3, -0.25) is 24.0 Å². The second-order valence-electron chi connectivity index (χ2n) is 17.8. The zero-order chi connectivity index (χ0) is 55.7. The number of amides is 3. The molecule has 0 saturated carbocycles. The van der Waals surface area contributed by atoms with Crippen LogP contribution in [0.1, 0.15) is 69.4 Å². The number of carboxylic acid groups (broad SMARTS) is 2. The van der Waals surface area contributed by atoms with Gasteiger partial charge in [-0.15, -0.1) is 6.58 Å². The summed E-state index contributed by atoms with van der Waals surface area (Å²) in [6.07, 6.45) is 6.30. The number of ether oxygens (including phenoxy) is 3. The van der Waals surface area contributed by atoms with Gasteiger partial charge >= 0.3 is 18.0 Å². The maximum Gasteiger partial charge on any atom is 0.405 e. The smallest absolute Gasteiger partial charge is 0.405 e. The predicted octanol–water partition coefficient (Wildman–Crippen LogP) is 2.81. The maximum absolute atomic E-state index is 13.5. The molecule has 3 heterocycles. The summed E-state index contributed by atoms with van der Waals surface area (Å²) < 4.78 is 16.6. The molecule has 24 nitrogen and oxygen atoms in total. The summed E-state index contributed by atoms with van der Waals surface area (Å²) in [6, 6.07) is 5.16. The Hall–Kier alpha value is -8.35. The molecule has 75 heavy (non-hydrogen) atoms. The number of carbonyl (C=O) groups excluding carboxylic acids is 5. The fourth-order valence-corrected chi connectivity index (χ4v) is 7.98. The Kier molecular flexibility index (Phi) is 21.8. The van der Waals surface area contributed by atoms with Gasteiger partial charge in [0.15, 0.2) is 23.1 Å². The Morgan fingerprint density at radius 3 is 2.33 bits per heavy atom. The number of fused-ring (bicyclic) bond motifs is 3. The number of nitrogens with two attached hydrogens (primary N) is 3. The second-order valence-corrected chi connectivity index (χ2v) is 17.8. The van der Waals surface area contributed by atoms with Gasteiger partial charge in [-0.05, 0) is 68.9 Å². The van der Waals surface area contributed by atoms with Crippen LogP contribution >= 0.6 is 0 Å². The molecule has 3 amide bonds. The van der Waals surface area contributed by atoms with Crippen LogP contribution in [0, 0.1) is 11.8 Å². The van der Waals surface area contributed by atoms with Gasteiger partial charge in [-0.25, -0.2) is 19.6 Å². The highest BCUT2D eigenvalue weighted by molar-refractivity contribution is 6.23. The second kappa shape index (κ2) is 27.6. The molecule has 3 aromatic rings. The number of nitrogen functional groups attached to an aromatic ring is 2. The molecule has 1 aliphatic heterocycles. The van der Waals surface area contributed by atoms with Gasteiger partial charge in [-0.2, -0.15) is 9.97 Å². The largest absolute Gasteiger partial charge is 0.481 e. The summed E-state index contributed by atoms with van der Waals surface area (Å²) in [4.78, 5) is 104. The van der Waals surface area contributed by atoms with Gasteiger partial charge in [-0.1, -0.05) is 44.2 Å². The Bertz CT molecular complexity index is 2790. The summed E-state index contributed by atoms with van der Waals surface area (Å²) in [7, 11) is 4.73. The van der Waals surface area contributed by atoms with Gasteiger partial charge in [0.1, 0.15) is 12.1 Å². The molecule has 0 spiro atoms. The monoisotopic (exact) mass is 1040 g/mol. The van der Waals surface area contributed by atoms with Gasteiger partial charge in [0, 0.05) is 68.6 Å². The number of hydrogen-bond donors (Lipinski definition) is 9. The van der Waals surface area contributed by atoms with Crippen molar-refractivity contribution in [3.8, 4) is 0 Å². The number of aromatic nitrogens is 4. The number of Topliss-reactive ketones (excluding diaryl/α,β-unsaturated/α-hetero) is 1. The van der Waals surface area contributed by atoms with Gasteiger partial charge < -0.3 is 67.6 Å². The van der Waals surface area contributed by atoms with Gasteiger partial charge in [0.05, 0.1) is 42.0 Å². The number of methoxy groups -OCH3 is 2. The minimum atomic E-state index is -1.30. The number of anilines is 3. The number of allylic oxidation sites excluding steroid dienone is 4. The predicted molar refractivity (Wildman–Crippen MR) is 276 cm³/mol. The molecule has 402 valence electrons. The highest BCUT2D eigenvalue weighted by Gasteiger charge is 2.34. The number of carboxylic acids is 2. The molecule has 1 aliphatic carbocycles. The lowest BCUT2D eigenvalue weighted by atomic mass is 9.85. The molecular formula is C51H65N11O13. The summed E-state index contributed by atoms with van der Waals surface area (Å²) in [5.41, 5.74) is 20.1. The standard InChI is InChI=1S/C31H43N3O8.C20H22N8O5/c1-8-12-33-26-21-13-17(2)14-25(41-7)27(36)19(4)15-20(5)29(42-31(32)39)24(40-6)11-9-10-18(3)30(38)34-22(28(21)37)16-23(26)35;1-28(9-11-8-23-17-15(24-11)16(21)26-20(22)27-17)12-4-2-10(3-5-12)18(31)25-13(19(32)33)6-7-14(29)30/h8-11,15-17,19,24-25,27,29,33,36H,1,12-14H2,2-7H3,(H2,32,39)(H,34,38);2-5,8,13H,6-7,9H2,1H3,(H,25,31)(H,29,30)(H,32,33)(H4,21,22,23,26,27)/b11-9-,18-10+,20-15+;/t17-,19+,24+,25+,27-,29+;13-/m10/s1. The van der Waals surface area contributed by atoms with E-state index in [2.05, 4.69) is 42.5 Å². The molecule has 2 aliphatic rings. The highest BCUT2D eigenvalue weighted by atomic mass is 16.6. The number of ketones is 2. The number of carbonyl (C=O) groups is 7. The molecule has 0 saturated heterocycles. The quantitative estimate of drug-likeness (QED) is 0.0780. The first-order valence-electron chi connectivity index (χ1n) is 23.5. The minimum absolute atomic E-state index is 0.0138. The van der Waals surface area contributed by atoms with Crippen LogP contribution in [0.25, 0.3) is 11.2 Å². The molecule has 5 rings (SSSR count). The van der Waals surface area contributed by atoms with Crippen molar-refractivity contribution in [1.29, 1.82) is 0 Å². The highest BCUT2D eigenvalue weighted by Crippen LogP contribution is 2.29. The van der Waals surface area contributed by atoms with E-state index in [0.717, 1.165) is 11.8 Å². The van der Waals surface area contributed by atoms with Crippen molar-refractivity contribution in [2.75, 3.05) is 44.2 Å². The molecule has 7 atom stereocenters. The molecule has 1 aromatic carbocycles. The van der Waals surface area contributed by atoms with E-state index in [9.17, 15) is 43.8 Å². The van der Waals surface area contributed by atoms with Crippen molar-refractivity contribution in [3.05, 3.63) is 113 Å². The van der Waals surface area contributed by atoms with Crippen molar-refractivity contribution in [2.45, 2.75) is 90.4 Å². The van der Waals surface area contributed by atoms with E-state index in [4.69, 9.17) is 36.5 Å². The van der Waals surface area contributed by atoms with E-state index in [-0.39, 0.29) is 71.6 Å². The van der Waals surface area contributed by atoms with Gasteiger partial charge in [0.2, 0.25) is 17.5 Å². The van der Waals surface area contributed by atoms with E-state index < -0.39 is 77.8 Å². The van der Waals surface area contributed by atoms with Crippen LogP contribution in [0.3, 0.4) is 0 Å². The average molecular weight is 1040 g/mol. The maximum atomic E-state index is 13.5. The van der Waals surface area contributed by atoms with Crippen molar-refractivity contribution >= 4 is 70.0 Å². The Morgan fingerprint density at radius 2 is 1.72 bits per heavy atom. The molecule has 0 radical (unpaired) electrons. The molecule has 12 N–H and O–H groups in total. The first-order valence-corrected chi connectivity index (χ1v) is 23.5. The molecule has 0 fully saturated rings. The number of nitrogens with one attached hydrogen (secondary N) is 3. The lowest BCUT2D eigenvalue weighted by Crippen LogP contribution is -2.41. The fourth-order valence-electron chi connectivity index (χ4n) is 7.98. The number of hydrogen-bond acceptors (Lipinski definition) is 19. The van der Waals surface area contributed by atoms with Crippen molar-refractivity contribution in [2.24, 2.45) is 17.6 Å². The number of rotatable bonds is 15. The first kappa shape index (κ1) is 59.2. The van der Waals surface area contributed by atoms with Crippen LogP contribution < -0.4 is 38.1 Å². The zero-order valence-corrected chi connectivity index (χ0v) is 42.7. The van der Waals surface area contributed by atoms with Crippen LogP contribution in [0.4, 0.5) is 22.2 Å². The Morgan fingerprint density at radius 1 is 1.03 bits per heavy atom. The van der Waals surface area contributed by atoms with Crippen LogP contribution in [-0.4, -0.2) is 135 Å². The lowest BCUT2D eigenvalue weighted by Gasteiger charge is -2.30. The van der Waals surface area contributed by atoms with E-state index in [1.54, 1.807) is 63.4 Å². The summed E-state index contributed by atoms with van der Waals surface area (Å²) in [6.45, 7) is 11.3. The topological polar surface area (TPSA) is 377 Å². The van der Waals surface area contributed by atoms with Crippen LogP contribution in [-0.2, 0) is 44.7 Å². The van der Waals surface area contributed by atoms with E-state index in [0.29, 0.717) is 35.4 Å². The van der Waals surface area contributed by atoms with E-state index in [1.807, 2.05) is 18.9 Å². The summed E-state index contributed by atoms with van der Waals surface area (Å²) in [5.74, 6) is -5.05. The number of aliphatic carboxylic acids is 2. The third kappa shape index (κ3) is 16.8. The molecule has 2 aromatic heterocycles. The normalized spacial score (nSPS) is 22.8. The number of benzene rings is 1. The molecule has 0 unspecified atom stereocenters. The van der Waals surface area contributed by atoms with Crippen LogP contribution in [0.5, 0.6) is 0 Å². The first-order chi connectivity index (χ1) is 35.5. The number of nitrogens with zero attached hydrogens (tertiary/aromatic N) is 5. The third-order valence-electron chi connectivity index (χ3n) is 11.9. The summed E-state index contributed by atoms with van der Waals surface area (Å²) >= 11 is 0. The molecule has 24 heteroatoms. The lowest BCUT2D eigenvalue weighted by molar-refractivity contribution is -0.140. The van der Waals surface area contributed by atoms with E-state index >= 15 is 0 Å². The fraction of sp³-hybridized carbons (Fsp3) is 0.392. The average Bonchev–Trinajstić information content (AvgIpc) is 3.35. The minimum Gasteiger partial charge on any atom is -0.481 e. The van der Waals surface area contributed by atoms with Gasteiger partial charge in [0.25, 0.3) is 11.8 Å². The third-order valence-corrected chi connectivity index (χ3v) is 11.9. The van der Waals surface area contributed by atoms with Crippen molar-refractivity contribution in [1.82, 2.24) is 35.9 Å². The summed E-state index contributed by atoms with van der Waals surface area (Å²) in [5, 5.41) is 37.0. The Labute approximate surface area is 432 Å². The number of aliphatic hydroxyl groups is 1. The van der Waals surface area contributed by atoms with E-state index in [1.165, 1.54) is 32.4 Å². The zero-order valence-electron chi connectivity index (χ0n) is 42.7. The number of primary amides is 1.